The lowest BCUT2D eigenvalue weighted by Gasteiger charge is -2.36. The van der Waals surface area contributed by atoms with Gasteiger partial charge in [-0.1, -0.05) is 71.1 Å². The first-order chi connectivity index (χ1) is 15.1. The van der Waals surface area contributed by atoms with Crippen LogP contribution in [0.1, 0.15) is 48.8 Å². The Morgan fingerprint density at radius 3 is 2.28 bits per heavy atom. The molecule has 0 saturated heterocycles. The Kier molecular flexibility index (Phi) is 6.70. The van der Waals surface area contributed by atoms with Crippen LogP contribution in [-0.4, -0.2) is 25.0 Å². The summed E-state index contributed by atoms with van der Waals surface area (Å²) in [7, 11) is 0. The average molecular weight is 506 g/mol. The Morgan fingerprint density at radius 2 is 1.72 bits per heavy atom. The quantitative estimate of drug-likeness (QED) is 0.417. The summed E-state index contributed by atoms with van der Waals surface area (Å²) in [6.07, 6.45) is -3.00. The number of nitrogens with zero attached hydrogens (tertiary/aromatic N) is 1. The number of hydrogen-bond acceptors (Lipinski definition) is 3. The minimum Gasteiger partial charge on any atom is -0.374 e. The summed E-state index contributed by atoms with van der Waals surface area (Å²) in [6, 6.07) is 9.81. The molecule has 9 heteroatoms. The van der Waals surface area contributed by atoms with E-state index in [2.05, 4.69) is 17.4 Å². The molecule has 4 rings (SSSR count). The molecule has 0 amide bonds. The maximum atomic E-state index is 14.2. The standard InChI is InChI=1S/C23H22Cl3F3N2O/c1-2-30-12-13-7-16(8-13)14-3-5-15(6-4-14)20-11-22(32-31-20,23(27,28)29)17-9-18(24)21(26)19(25)10-17/h3-6,9-10,13,16,30H,2,7-8,11-12H2,1H3. The molecule has 1 unspecified atom stereocenters. The van der Waals surface area contributed by atoms with Gasteiger partial charge in [0, 0.05) is 12.0 Å². The van der Waals surface area contributed by atoms with Gasteiger partial charge < -0.3 is 10.2 Å². The highest BCUT2D eigenvalue weighted by Crippen LogP contribution is 2.50. The van der Waals surface area contributed by atoms with Crippen LogP contribution in [0, 0.1) is 5.92 Å². The van der Waals surface area contributed by atoms with Gasteiger partial charge in [-0.3, -0.25) is 0 Å². The predicted molar refractivity (Wildman–Crippen MR) is 122 cm³/mol. The van der Waals surface area contributed by atoms with E-state index in [-0.39, 0.29) is 26.3 Å². The maximum absolute atomic E-state index is 14.2. The van der Waals surface area contributed by atoms with Crippen molar-refractivity contribution in [3.8, 4) is 0 Å². The second-order valence-electron chi connectivity index (χ2n) is 8.35. The van der Waals surface area contributed by atoms with Crippen LogP contribution in [0.25, 0.3) is 0 Å². The number of benzene rings is 2. The fourth-order valence-electron chi connectivity index (χ4n) is 4.32. The van der Waals surface area contributed by atoms with Crippen molar-refractivity contribution >= 4 is 40.5 Å². The van der Waals surface area contributed by atoms with Crippen molar-refractivity contribution in [2.24, 2.45) is 11.1 Å². The Bertz CT molecular complexity index is 997. The van der Waals surface area contributed by atoms with Crippen LogP contribution in [0.3, 0.4) is 0 Å². The Balaban J connectivity index is 1.52. The van der Waals surface area contributed by atoms with E-state index < -0.39 is 18.2 Å². The Morgan fingerprint density at radius 1 is 1.09 bits per heavy atom. The number of rotatable bonds is 6. The Hall–Kier alpha value is -1.47. The maximum Gasteiger partial charge on any atom is 0.435 e. The molecule has 2 aromatic carbocycles. The zero-order valence-electron chi connectivity index (χ0n) is 17.3. The zero-order valence-corrected chi connectivity index (χ0v) is 19.5. The van der Waals surface area contributed by atoms with Crippen LogP contribution in [0.4, 0.5) is 13.2 Å². The van der Waals surface area contributed by atoms with Crippen molar-refractivity contribution in [2.45, 2.75) is 43.9 Å². The molecule has 3 nitrogen and oxygen atoms in total. The minimum atomic E-state index is -4.74. The summed E-state index contributed by atoms with van der Waals surface area (Å²) in [6.45, 7) is 4.08. The second-order valence-corrected chi connectivity index (χ2v) is 9.54. The molecule has 1 atom stereocenters. The molecule has 1 heterocycles. The van der Waals surface area contributed by atoms with E-state index >= 15 is 0 Å². The van der Waals surface area contributed by atoms with Crippen molar-refractivity contribution in [2.75, 3.05) is 13.1 Å². The summed E-state index contributed by atoms with van der Waals surface area (Å²) in [5.41, 5.74) is -0.906. The van der Waals surface area contributed by atoms with Crippen molar-refractivity contribution in [1.82, 2.24) is 5.32 Å². The number of nitrogens with one attached hydrogen (secondary N) is 1. The van der Waals surface area contributed by atoms with Gasteiger partial charge in [-0.15, -0.1) is 0 Å². The normalized spacial score (nSPS) is 25.3. The highest BCUT2D eigenvalue weighted by atomic mass is 35.5. The van der Waals surface area contributed by atoms with Crippen molar-refractivity contribution in [1.29, 1.82) is 0 Å². The molecule has 1 fully saturated rings. The van der Waals surface area contributed by atoms with Gasteiger partial charge >= 0.3 is 6.18 Å². The lowest BCUT2D eigenvalue weighted by atomic mass is 9.71. The van der Waals surface area contributed by atoms with Crippen LogP contribution in [0.15, 0.2) is 41.6 Å². The van der Waals surface area contributed by atoms with E-state index in [0.29, 0.717) is 17.4 Å². The first kappa shape index (κ1) is 23.7. The molecule has 0 radical (unpaired) electrons. The molecule has 2 aromatic rings. The zero-order chi connectivity index (χ0) is 23.1. The highest BCUT2D eigenvalue weighted by Gasteiger charge is 2.62. The van der Waals surface area contributed by atoms with E-state index in [4.69, 9.17) is 39.6 Å². The van der Waals surface area contributed by atoms with Crippen LogP contribution >= 0.6 is 34.8 Å². The highest BCUT2D eigenvalue weighted by molar-refractivity contribution is 6.48. The first-order valence-electron chi connectivity index (χ1n) is 10.4. The third-order valence-electron chi connectivity index (χ3n) is 6.27. The van der Waals surface area contributed by atoms with Gasteiger partial charge in [-0.05, 0) is 61.0 Å². The first-order valence-corrected chi connectivity index (χ1v) is 11.6. The van der Waals surface area contributed by atoms with E-state index in [1.807, 2.05) is 24.3 Å². The summed E-state index contributed by atoms with van der Waals surface area (Å²) >= 11 is 17.9. The summed E-state index contributed by atoms with van der Waals surface area (Å²) in [5, 5.41) is 7.01. The smallest absolute Gasteiger partial charge is 0.374 e. The largest absolute Gasteiger partial charge is 0.435 e. The molecular weight excluding hydrogens is 484 g/mol. The van der Waals surface area contributed by atoms with E-state index in [1.54, 1.807) is 0 Å². The molecule has 1 N–H and O–H groups in total. The van der Waals surface area contributed by atoms with E-state index in [1.165, 1.54) is 5.56 Å². The molecule has 1 aliphatic carbocycles. The molecule has 172 valence electrons. The van der Waals surface area contributed by atoms with Crippen LogP contribution < -0.4 is 5.32 Å². The fourth-order valence-corrected chi connectivity index (χ4v) is 4.91. The van der Waals surface area contributed by atoms with Gasteiger partial charge in [0.1, 0.15) is 0 Å². The molecule has 0 bridgehead atoms. The van der Waals surface area contributed by atoms with Crippen molar-refractivity contribution in [3.63, 3.8) is 0 Å². The van der Waals surface area contributed by atoms with Crippen LogP contribution in [0.2, 0.25) is 15.1 Å². The van der Waals surface area contributed by atoms with Gasteiger partial charge in [0.25, 0.3) is 5.60 Å². The van der Waals surface area contributed by atoms with Crippen LogP contribution in [-0.2, 0) is 10.4 Å². The van der Waals surface area contributed by atoms with Crippen molar-refractivity contribution in [3.05, 3.63) is 68.2 Å². The van der Waals surface area contributed by atoms with E-state index in [0.717, 1.165) is 38.1 Å². The molecule has 0 spiro atoms. The predicted octanol–water partition coefficient (Wildman–Crippen LogP) is 7.33. The third-order valence-corrected chi connectivity index (χ3v) is 7.47. The second kappa shape index (κ2) is 9.05. The van der Waals surface area contributed by atoms with Crippen LogP contribution in [0.5, 0.6) is 0 Å². The number of hydrogen-bond donors (Lipinski definition) is 1. The molecule has 1 aliphatic heterocycles. The molecule has 0 aromatic heterocycles. The summed E-state index contributed by atoms with van der Waals surface area (Å²) < 4.78 is 42.5. The summed E-state index contributed by atoms with van der Waals surface area (Å²) in [4.78, 5) is 5.07. The van der Waals surface area contributed by atoms with Gasteiger partial charge in [-0.2, -0.15) is 13.2 Å². The lowest BCUT2D eigenvalue weighted by Crippen LogP contribution is -2.42. The third kappa shape index (κ3) is 4.35. The number of oxime groups is 1. The molecule has 1 saturated carbocycles. The SMILES string of the molecule is CCNCC1CC(c2ccc(C3=NOC(c4cc(Cl)c(Cl)c(Cl)c4)(C(F)(F)F)C3)cc2)C1. The van der Waals surface area contributed by atoms with Gasteiger partial charge in [-0.25, -0.2) is 0 Å². The fraction of sp³-hybridized carbons (Fsp3) is 0.435. The summed E-state index contributed by atoms with van der Waals surface area (Å²) in [5.74, 6) is 1.17. The Labute approximate surface area is 199 Å². The van der Waals surface area contributed by atoms with Gasteiger partial charge in [0.2, 0.25) is 0 Å². The molecule has 32 heavy (non-hydrogen) atoms. The monoisotopic (exact) mass is 504 g/mol. The average Bonchev–Trinajstić information content (AvgIpc) is 3.18. The van der Waals surface area contributed by atoms with Crippen molar-refractivity contribution < 1.29 is 18.0 Å². The van der Waals surface area contributed by atoms with Gasteiger partial charge in [0.05, 0.1) is 20.8 Å². The molecule has 2 aliphatic rings. The minimum absolute atomic E-state index is 0.00663. The molecular formula is C23H22Cl3F3N2O. The number of alkyl halides is 3. The van der Waals surface area contributed by atoms with E-state index in [9.17, 15) is 13.2 Å². The lowest BCUT2D eigenvalue weighted by molar-refractivity contribution is -0.275. The number of halogens is 6. The van der Waals surface area contributed by atoms with Gasteiger partial charge in [0.15, 0.2) is 0 Å². The topological polar surface area (TPSA) is 33.6 Å².